The molecule has 94 valence electrons. The van der Waals surface area contributed by atoms with Gasteiger partial charge in [0.1, 0.15) is 24.5 Å². The van der Waals surface area contributed by atoms with Gasteiger partial charge in [0.15, 0.2) is 0 Å². The van der Waals surface area contributed by atoms with Gasteiger partial charge in [-0.2, -0.15) is 10.5 Å². The van der Waals surface area contributed by atoms with Gasteiger partial charge in [0.05, 0.1) is 38.3 Å². The Morgan fingerprint density at radius 2 is 1.89 bits per heavy atom. The third-order valence-electron chi connectivity index (χ3n) is 2.36. The largest absolute Gasteiger partial charge is 0.483 e. The van der Waals surface area contributed by atoms with Crippen LogP contribution in [0.3, 0.4) is 0 Å². The Labute approximate surface area is 108 Å². The van der Waals surface area contributed by atoms with E-state index in [2.05, 4.69) is 27.2 Å². The lowest BCUT2D eigenvalue weighted by Gasteiger charge is -2.27. The summed E-state index contributed by atoms with van der Waals surface area (Å²) < 4.78 is 6.54. The van der Waals surface area contributed by atoms with E-state index in [1.807, 2.05) is 13.0 Å². The summed E-state index contributed by atoms with van der Waals surface area (Å²) in [5.74, 6) is 0.484. The zero-order valence-electron chi connectivity index (χ0n) is 11.3. The van der Waals surface area contributed by atoms with Crippen LogP contribution in [0, 0.1) is 22.7 Å². The van der Waals surface area contributed by atoms with Gasteiger partial charge >= 0.3 is 0 Å². The van der Waals surface area contributed by atoms with E-state index in [1.165, 1.54) is 0 Å². The number of hydrogen-bond donors (Lipinski definition) is 0. The first kappa shape index (κ1) is 14.0. The van der Waals surface area contributed by atoms with Crippen LogP contribution in [0.1, 0.15) is 18.1 Å². The predicted molar refractivity (Wildman–Crippen MR) is 68.9 cm³/mol. The fraction of sp³-hybridized carbons (Fsp3) is 0.429. The molecule has 0 saturated heterocycles. The van der Waals surface area contributed by atoms with Crippen molar-refractivity contribution >= 4 is 0 Å². The topological polar surface area (TPSA) is 56.8 Å². The predicted octanol–water partition coefficient (Wildman–Crippen LogP) is 1.90. The maximum atomic E-state index is 9.01. The Morgan fingerprint density at radius 1 is 1.22 bits per heavy atom. The Kier molecular flexibility index (Phi) is 4.31. The van der Waals surface area contributed by atoms with Crippen molar-refractivity contribution in [3.63, 3.8) is 0 Å². The van der Waals surface area contributed by atoms with Gasteiger partial charge in [-0.15, -0.1) is 0 Å². The molecule has 4 nitrogen and oxygen atoms in total. The first-order valence-corrected chi connectivity index (χ1v) is 5.77. The number of nitriles is 2. The SMILES string of the molecule is CC(C[N+](C)(C)C)Oc1cc(C#N)ccc1C#N. The number of nitrogens with zero attached hydrogens (tertiary/aromatic N) is 3. The summed E-state index contributed by atoms with van der Waals surface area (Å²) in [5, 5.41) is 17.9. The molecule has 0 saturated carbocycles. The maximum Gasteiger partial charge on any atom is 0.145 e. The van der Waals surface area contributed by atoms with Crippen molar-refractivity contribution < 1.29 is 9.22 Å². The van der Waals surface area contributed by atoms with Gasteiger partial charge in [0, 0.05) is 0 Å². The number of likely N-dealkylation sites (N-methyl/N-ethyl adjacent to an activating group) is 1. The number of benzene rings is 1. The summed E-state index contributed by atoms with van der Waals surface area (Å²) in [7, 11) is 6.24. The first-order chi connectivity index (χ1) is 8.35. The summed E-state index contributed by atoms with van der Waals surface area (Å²) in [4.78, 5) is 0. The molecule has 18 heavy (non-hydrogen) atoms. The average Bonchev–Trinajstić information content (AvgIpc) is 2.26. The lowest BCUT2D eigenvalue weighted by Crippen LogP contribution is -2.42. The molecule has 0 radical (unpaired) electrons. The van der Waals surface area contributed by atoms with Crippen molar-refractivity contribution in [1.82, 2.24) is 0 Å². The van der Waals surface area contributed by atoms with E-state index in [9.17, 15) is 0 Å². The van der Waals surface area contributed by atoms with Crippen LogP contribution in [-0.2, 0) is 0 Å². The normalized spacial score (nSPS) is 12.3. The summed E-state index contributed by atoms with van der Waals surface area (Å²) in [6.45, 7) is 2.78. The minimum absolute atomic E-state index is 0.0222. The first-order valence-electron chi connectivity index (χ1n) is 5.77. The fourth-order valence-electron chi connectivity index (χ4n) is 1.81. The fourth-order valence-corrected chi connectivity index (χ4v) is 1.81. The Balaban J connectivity index is 2.90. The zero-order valence-corrected chi connectivity index (χ0v) is 11.3. The number of ether oxygens (including phenoxy) is 1. The second-order valence-corrected chi connectivity index (χ2v) is 5.34. The van der Waals surface area contributed by atoms with Gasteiger partial charge in [-0.1, -0.05) is 0 Å². The molecule has 0 aromatic heterocycles. The van der Waals surface area contributed by atoms with E-state index < -0.39 is 0 Å². The number of quaternary nitrogens is 1. The standard InChI is InChI=1S/C14H18N3O/c1-11(10-17(2,3)4)18-14-7-12(8-15)5-6-13(14)9-16/h5-7,11H,10H2,1-4H3/q+1. The highest BCUT2D eigenvalue weighted by Gasteiger charge is 2.16. The van der Waals surface area contributed by atoms with Crippen molar-refractivity contribution in [3.05, 3.63) is 29.3 Å². The Bertz CT molecular complexity index is 503. The molecular formula is C14H18N3O+. The number of rotatable bonds is 4. The highest BCUT2D eigenvalue weighted by atomic mass is 16.5. The molecule has 1 aromatic rings. The molecular weight excluding hydrogens is 226 g/mol. The zero-order chi connectivity index (χ0) is 13.8. The quantitative estimate of drug-likeness (QED) is 0.760. The van der Waals surface area contributed by atoms with Crippen LogP contribution in [0.4, 0.5) is 0 Å². The highest BCUT2D eigenvalue weighted by Crippen LogP contribution is 2.21. The molecule has 0 aliphatic rings. The van der Waals surface area contributed by atoms with Crippen LogP contribution in [0.15, 0.2) is 18.2 Å². The summed E-state index contributed by atoms with van der Waals surface area (Å²) in [6, 6.07) is 8.98. The van der Waals surface area contributed by atoms with Crippen LogP contribution < -0.4 is 4.74 Å². The van der Waals surface area contributed by atoms with Crippen LogP contribution >= 0.6 is 0 Å². The lowest BCUT2D eigenvalue weighted by molar-refractivity contribution is -0.872. The van der Waals surface area contributed by atoms with Gasteiger partial charge in [-0.25, -0.2) is 0 Å². The van der Waals surface area contributed by atoms with Crippen LogP contribution in [0.2, 0.25) is 0 Å². The number of hydrogen-bond acceptors (Lipinski definition) is 3. The van der Waals surface area contributed by atoms with Crippen molar-refractivity contribution in [2.75, 3.05) is 27.7 Å². The molecule has 0 amide bonds. The molecule has 1 rings (SSSR count). The summed E-state index contributed by atoms with van der Waals surface area (Å²) in [6.07, 6.45) is -0.0222. The van der Waals surface area contributed by atoms with Crippen LogP contribution in [-0.4, -0.2) is 38.3 Å². The van der Waals surface area contributed by atoms with Gasteiger partial charge in [0.2, 0.25) is 0 Å². The van der Waals surface area contributed by atoms with Crippen molar-refractivity contribution in [3.8, 4) is 17.9 Å². The minimum atomic E-state index is -0.0222. The van der Waals surface area contributed by atoms with Gasteiger partial charge in [-0.3, -0.25) is 0 Å². The van der Waals surface area contributed by atoms with E-state index in [-0.39, 0.29) is 6.10 Å². The van der Waals surface area contributed by atoms with E-state index in [0.29, 0.717) is 16.9 Å². The molecule has 0 heterocycles. The second-order valence-electron chi connectivity index (χ2n) is 5.34. The molecule has 0 aliphatic carbocycles. The molecule has 0 fully saturated rings. The molecule has 0 aliphatic heterocycles. The lowest BCUT2D eigenvalue weighted by atomic mass is 10.1. The van der Waals surface area contributed by atoms with Crippen LogP contribution in [0.5, 0.6) is 5.75 Å². The van der Waals surface area contributed by atoms with Crippen LogP contribution in [0.25, 0.3) is 0 Å². The minimum Gasteiger partial charge on any atom is -0.483 e. The van der Waals surface area contributed by atoms with Crippen molar-refractivity contribution in [2.45, 2.75) is 13.0 Å². The van der Waals surface area contributed by atoms with E-state index in [0.717, 1.165) is 11.0 Å². The third-order valence-corrected chi connectivity index (χ3v) is 2.36. The highest BCUT2D eigenvalue weighted by molar-refractivity contribution is 5.48. The Hall–Kier alpha value is -2.04. The molecule has 1 unspecified atom stereocenters. The van der Waals surface area contributed by atoms with Gasteiger partial charge in [-0.05, 0) is 25.1 Å². The van der Waals surface area contributed by atoms with E-state index >= 15 is 0 Å². The van der Waals surface area contributed by atoms with E-state index in [1.54, 1.807) is 18.2 Å². The monoisotopic (exact) mass is 244 g/mol. The molecule has 0 spiro atoms. The maximum absolute atomic E-state index is 9.01. The van der Waals surface area contributed by atoms with Crippen molar-refractivity contribution in [1.29, 1.82) is 10.5 Å². The molecule has 1 aromatic carbocycles. The third kappa shape index (κ3) is 4.08. The second kappa shape index (κ2) is 5.53. The van der Waals surface area contributed by atoms with E-state index in [4.69, 9.17) is 15.3 Å². The van der Waals surface area contributed by atoms with Gasteiger partial charge in [0.25, 0.3) is 0 Å². The summed E-state index contributed by atoms with van der Waals surface area (Å²) in [5.41, 5.74) is 0.962. The average molecular weight is 244 g/mol. The molecule has 1 atom stereocenters. The Morgan fingerprint density at radius 3 is 2.39 bits per heavy atom. The van der Waals surface area contributed by atoms with Crippen molar-refractivity contribution in [2.24, 2.45) is 0 Å². The molecule has 0 bridgehead atoms. The summed E-state index contributed by atoms with van der Waals surface area (Å²) >= 11 is 0. The smallest absolute Gasteiger partial charge is 0.145 e. The van der Waals surface area contributed by atoms with Gasteiger partial charge < -0.3 is 9.22 Å². The molecule has 0 N–H and O–H groups in total. The molecule has 4 heteroatoms.